The lowest BCUT2D eigenvalue weighted by Gasteiger charge is -2.27. The van der Waals surface area contributed by atoms with Crippen LogP contribution in [0.1, 0.15) is 36.6 Å². The van der Waals surface area contributed by atoms with Crippen LogP contribution in [0.5, 0.6) is 5.75 Å². The molecule has 0 aromatic heterocycles. The van der Waals surface area contributed by atoms with E-state index in [1.807, 2.05) is 19.1 Å². The second-order valence-electron chi connectivity index (χ2n) is 7.45. The van der Waals surface area contributed by atoms with E-state index in [9.17, 15) is 14.4 Å². The van der Waals surface area contributed by atoms with Crippen molar-refractivity contribution in [3.8, 4) is 5.75 Å². The molecule has 0 spiro atoms. The van der Waals surface area contributed by atoms with Crippen LogP contribution in [0.25, 0.3) is 0 Å². The Hall–Kier alpha value is -3.64. The van der Waals surface area contributed by atoms with Crippen molar-refractivity contribution in [1.82, 2.24) is 4.90 Å². The molecule has 1 aliphatic heterocycles. The van der Waals surface area contributed by atoms with Gasteiger partial charge in [0, 0.05) is 23.7 Å². The van der Waals surface area contributed by atoms with Crippen LogP contribution in [-0.2, 0) is 0 Å². The molecule has 162 valence electrons. The highest BCUT2D eigenvalue weighted by atomic mass is 35.5. The molecule has 3 aromatic carbocycles. The van der Waals surface area contributed by atoms with Crippen LogP contribution in [0.4, 0.5) is 5.69 Å². The molecule has 0 saturated heterocycles. The van der Waals surface area contributed by atoms with E-state index in [4.69, 9.17) is 16.3 Å². The smallest absolute Gasteiger partial charge is 0.261 e. The molecule has 1 heterocycles. The highest BCUT2D eigenvalue weighted by molar-refractivity contribution is 6.30. The normalized spacial score (nSPS) is 12.7. The van der Waals surface area contributed by atoms with Gasteiger partial charge in [-0.15, -0.1) is 0 Å². The summed E-state index contributed by atoms with van der Waals surface area (Å²) in [6.45, 7) is 2.07. The molecule has 0 N–H and O–H groups in total. The standard InChI is InChI=1S/C25H21ClN2O4/c1-16-7-12-21(22(15-16)32-2)27(23(29)17-8-10-18(26)11-9-17)13-14-28-24(30)19-5-3-4-6-20(19)25(28)31/h3-12,15H,13-14H2,1-2H3. The van der Waals surface area contributed by atoms with Crippen LogP contribution in [0.15, 0.2) is 66.7 Å². The van der Waals surface area contributed by atoms with Gasteiger partial charge >= 0.3 is 0 Å². The zero-order chi connectivity index (χ0) is 22.8. The summed E-state index contributed by atoms with van der Waals surface area (Å²) in [6.07, 6.45) is 0. The summed E-state index contributed by atoms with van der Waals surface area (Å²) in [5.41, 5.74) is 2.71. The van der Waals surface area contributed by atoms with E-state index in [-0.39, 0.29) is 30.8 Å². The van der Waals surface area contributed by atoms with Crippen LogP contribution in [-0.4, -0.2) is 42.8 Å². The number of benzene rings is 3. The van der Waals surface area contributed by atoms with E-state index >= 15 is 0 Å². The minimum Gasteiger partial charge on any atom is -0.495 e. The molecule has 32 heavy (non-hydrogen) atoms. The average Bonchev–Trinajstić information content (AvgIpc) is 3.05. The summed E-state index contributed by atoms with van der Waals surface area (Å²) in [5.74, 6) is -0.490. The Morgan fingerprint density at radius 2 is 1.59 bits per heavy atom. The predicted molar refractivity (Wildman–Crippen MR) is 123 cm³/mol. The highest BCUT2D eigenvalue weighted by Gasteiger charge is 2.35. The van der Waals surface area contributed by atoms with Crippen molar-refractivity contribution in [1.29, 1.82) is 0 Å². The lowest BCUT2D eigenvalue weighted by atomic mass is 10.1. The Morgan fingerprint density at radius 1 is 0.969 bits per heavy atom. The highest BCUT2D eigenvalue weighted by Crippen LogP contribution is 2.31. The van der Waals surface area contributed by atoms with Crippen molar-refractivity contribution < 1.29 is 19.1 Å². The van der Waals surface area contributed by atoms with Crippen LogP contribution in [0, 0.1) is 6.92 Å². The van der Waals surface area contributed by atoms with Crippen LogP contribution >= 0.6 is 11.6 Å². The predicted octanol–water partition coefficient (Wildman–Crippen LogP) is 4.60. The number of hydrogen-bond donors (Lipinski definition) is 0. The molecule has 0 radical (unpaired) electrons. The van der Waals surface area contributed by atoms with Gasteiger partial charge in [-0.2, -0.15) is 0 Å². The van der Waals surface area contributed by atoms with Gasteiger partial charge in [0.2, 0.25) is 0 Å². The van der Waals surface area contributed by atoms with Gasteiger partial charge < -0.3 is 9.64 Å². The largest absolute Gasteiger partial charge is 0.495 e. The molecular formula is C25H21ClN2O4. The fraction of sp³-hybridized carbons (Fsp3) is 0.160. The maximum atomic E-state index is 13.4. The number of fused-ring (bicyclic) bond motifs is 1. The van der Waals surface area contributed by atoms with Crippen molar-refractivity contribution in [3.05, 3.63) is 94.0 Å². The number of halogens is 1. The number of ether oxygens (including phenoxy) is 1. The summed E-state index contributed by atoms with van der Waals surface area (Å²) in [4.78, 5) is 41.7. The Balaban J connectivity index is 1.66. The number of nitrogens with zero attached hydrogens (tertiary/aromatic N) is 2. The van der Waals surface area contributed by atoms with Crippen LogP contribution < -0.4 is 9.64 Å². The second kappa shape index (κ2) is 8.85. The maximum Gasteiger partial charge on any atom is 0.261 e. The number of carbonyl (C=O) groups is 3. The molecule has 1 aliphatic rings. The van der Waals surface area contributed by atoms with E-state index in [0.717, 1.165) is 5.56 Å². The van der Waals surface area contributed by atoms with Crippen molar-refractivity contribution in [2.75, 3.05) is 25.1 Å². The minimum absolute atomic E-state index is 0.0444. The Bertz CT molecular complexity index is 1170. The number of methoxy groups -OCH3 is 1. The first-order chi connectivity index (χ1) is 15.4. The summed E-state index contributed by atoms with van der Waals surface area (Å²) in [6, 6.07) is 18.8. The quantitative estimate of drug-likeness (QED) is 0.517. The molecule has 0 unspecified atom stereocenters. The third-order valence-electron chi connectivity index (χ3n) is 5.39. The van der Waals surface area contributed by atoms with E-state index < -0.39 is 0 Å². The van der Waals surface area contributed by atoms with E-state index in [2.05, 4.69) is 0 Å². The molecule has 3 aromatic rings. The van der Waals surface area contributed by atoms with Gasteiger partial charge in [-0.25, -0.2) is 0 Å². The zero-order valence-corrected chi connectivity index (χ0v) is 18.4. The first kappa shape index (κ1) is 21.6. The molecule has 4 rings (SSSR count). The number of rotatable bonds is 6. The summed E-state index contributed by atoms with van der Waals surface area (Å²) < 4.78 is 5.51. The number of anilines is 1. The fourth-order valence-corrected chi connectivity index (χ4v) is 3.86. The molecule has 7 heteroatoms. The molecule has 0 bridgehead atoms. The molecule has 0 aliphatic carbocycles. The van der Waals surface area contributed by atoms with Gasteiger partial charge in [0.25, 0.3) is 17.7 Å². The molecule has 0 atom stereocenters. The van der Waals surface area contributed by atoms with E-state index in [1.54, 1.807) is 54.6 Å². The fourth-order valence-electron chi connectivity index (χ4n) is 3.73. The Morgan fingerprint density at radius 3 is 2.19 bits per heavy atom. The summed E-state index contributed by atoms with van der Waals surface area (Å²) in [7, 11) is 1.54. The lowest BCUT2D eigenvalue weighted by molar-refractivity contribution is 0.0654. The van der Waals surface area contributed by atoms with Crippen molar-refractivity contribution in [3.63, 3.8) is 0 Å². The van der Waals surface area contributed by atoms with Crippen molar-refractivity contribution in [2.24, 2.45) is 0 Å². The number of amides is 3. The van der Waals surface area contributed by atoms with Crippen LogP contribution in [0.3, 0.4) is 0 Å². The summed E-state index contributed by atoms with van der Waals surface area (Å²) >= 11 is 5.98. The zero-order valence-electron chi connectivity index (χ0n) is 17.7. The third kappa shape index (κ3) is 3.97. The van der Waals surface area contributed by atoms with Gasteiger partial charge in [-0.1, -0.05) is 29.8 Å². The number of imide groups is 1. The Kier molecular flexibility index (Phi) is 5.97. The minimum atomic E-state index is -0.361. The number of carbonyl (C=O) groups excluding carboxylic acids is 3. The van der Waals surface area contributed by atoms with Gasteiger partial charge in [-0.05, 0) is 61.0 Å². The summed E-state index contributed by atoms with van der Waals surface area (Å²) in [5, 5.41) is 0.520. The van der Waals surface area contributed by atoms with Crippen LogP contribution in [0.2, 0.25) is 5.02 Å². The van der Waals surface area contributed by atoms with Gasteiger partial charge in [0.05, 0.1) is 23.9 Å². The lowest BCUT2D eigenvalue weighted by Crippen LogP contribution is -2.41. The van der Waals surface area contributed by atoms with Gasteiger partial charge in [0.1, 0.15) is 5.75 Å². The van der Waals surface area contributed by atoms with Gasteiger partial charge in [0.15, 0.2) is 0 Å². The average molecular weight is 449 g/mol. The van der Waals surface area contributed by atoms with Gasteiger partial charge in [-0.3, -0.25) is 19.3 Å². The molecule has 0 fully saturated rings. The molecule has 3 amide bonds. The molecule has 0 saturated carbocycles. The second-order valence-corrected chi connectivity index (χ2v) is 7.88. The number of aryl methyl sites for hydroxylation is 1. The SMILES string of the molecule is COc1cc(C)ccc1N(CCN1C(=O)c2ccccc2C1=O)C(=O)c1ccc(Cl)cc1. The first-order valence-electron chi connectivity index (χ1n) is 10.1. The molecule has 6 nitrogen and oxygen atoms in total. The van der Waals surface area contributed by atoms with Crippen molar-refractivity contribution in [2.45, 2.75) is 6.92 Å². The topological polar surface area (TPSA) is 66.9 Å². The maximum absolute atomic E-state index is 13.4. The van der Waals surface area contributed by atoms with E-state index in [0.29, 0.717) is 33.1 Å². The van der Waals surface area contributed by atoms with Crippen molar-refractivity contribution >= 4 is 35.0 Å². The molecular weight excluding hydrogens is 428 g/mol. The number of hydrogen-bond acceptors (Lipinski definition) is 4. The first-order valence-corrected chi connectivity index (χ1v) is 10.5. The van der Waals surface area contributed by atoms with E-state index in [1.165, 1.54) is 16.9 Å². The Labute approximate surface area is 191 Å². The monoisotopic (exact) mass is 448 g/mol. The third-order valence-corrected chi connectivity index (χ3v) is 5.64.